The van der Waals surface area contributed by atoms with Crippen molar-refractivity contribution in [3.05, 3.63) is 60.4 Å². The smallest absolute Gasteiger partial charge is 0.317 e. The van der Waals surface area contributed by atoms with Gasteiger partial charge in [0.25, 0.3) is 0 Å². The number of carbonyl (C=O) groups is 1. The molecule has 0 saturated carbocycles. The number of benzene rings is 2. The van der Waals surface area contributed by atoms with Gasteiger partial charge in [0.15, 0.2) is 0 Å². The molecule has 1 fully saturated rings. The zero-order chi connectivity index (χ0) is 17.1. The first-order valence-electron chi connectivity index (χ1n) is 8.66. The fourth-order valence-corrected chi connectivity index (χ4v) is 3.44. The predicted octanol–water partition coefficient (Wildman–Crippen LogP) is 2.98. The summed E-state index contributed by atoms with van der Waals surface area (Å²) in [4.78, 5) is 16.1. The Bertz CT molecular complexity index is 848. The maximum absolute atomic E-state index is 12.5. The van der Waals surface area contributed by atoms with Gasteiger partial charge in [-0.05, 0) is 29.2 Å². The molecule has 2 amide bonds. The van der Waals surface area contributed by atoms with Gasteiger partial charge in [0, 0.05) is 19.6 Å². The summed E-state index contributed by atoms with van der Waals surface area (Å²) in [6, 6.07) is 14.7. The number of piperidine rings is 1. The van der Waals surface area contributed by atoms with E-state index in [9.17, 15) is 4.79 Å². The molecule has 0 radical (unpaired) electrons. The fraction of sp³-hybridized carbons (Fsp3) is 0.316. The number of nitrogens with one attached hydrogen (secondary N) is 1. The molecule has 3 aromatic rings. The number of hydrogen-bond donors (Lipinski definition) is 1. The molecule has 1 aliphatic heterocycles. The number of urea groups is 1. The average Bonchev–Trinajstić information content (AvgIpc) is 3.21. The summed E-state index contributed by atoms with van der Waals surface area (Å²) < 4.78 is 0. The zero-order valence-corrected chi connectivity index (χ0v) is 14.0. The van der Waals surface area contributed by atoms with Gasteiger partial charge < -0.3 is 10.2 Å². The third kappa shape index (κ3) is 3.33. The monoisotopic (exact) mass is 335 g/mol. The Morgan fingerprint density at radius 1 is 1.04 bits per heavy atom. The topological polar surface area (TPSA) is 63.1 Å². The molecule has 1 aromatic heterocycles. The molecule has 128 valence electrons. The number of nitrogens with zero attached hydrogens (tertiary/aromatic N) is 4. The molecule has 0 unspecified atom stereocenters. The lowest BCUT2D eigenvalue weighted by molar-refractivity contribution is 0.164. The van der Waals surface area contributed by atoms with Crippen LogP contribution in [0.15, 0.2) is 54.9 Å². The summed E-state index contributed by atoms with van der Waals surface area (Å²) in [5.74, 6) is 0. The SMILES string of the molecule is O=C(NCc1cccc2ccccc12)N1CCC(n2nccn2)CC1. The highest BCUT2D eigenvalue weighted by Crippen LogP contribution is 2.21. The highest BCUT2D eigenvalue weighted by Gasteiger charge is 2.24. The molecule has 6 nitrogen and oxygen atoms in total. The highest BCUT2D eigenvalue weighted by atomic mass is 16.2. The van der Waals surface area contributed by atoms with Gasteiger partial charge in [-0.1, -0.05) is 42.5 Å². The second-order valence-corrected chi connectivity index (χ2v) is 6.36. The lowest BCUT2D eigenvalue weighted by atomic mass is 10.0. The molecule has 1 saturated heterocycles. The van der Waals surface area contributed by atoms with E-state index in [2.05, 4.69) is 39.8 Å². The van der Waals surface area contributed by atoms with Crippen LogP contribution in [-0.4, -0.2) is 39.0 Å². The van der Waals surface area contributed by atoms with Crippen LogP contribution in [0, 0.1) is 0 Å². The average molecular weight is 335 g/mol. The Labute approximate surface area is 146 Å². The first-order chi connectivity index (χ1) is 12.3. The van der Waals surface area contributed by atoms with Crippen LogP contribution >= 0.6 is 0 Å². The van der Waals surface area contributed by atoms with E-state index >= 15 is 0 Å². The van der Waals surface area contributed by atoms with Crippen LogP contribution in [0.3, 0.4) is 0 Å². The Hall–Kier alpha value is -2.89. The minimum Gasteiger partial charge on any atom is -0.334 e. The molecule has 2 aromatic carbocycles. The number of amides is 2. The van der Waals surface area contributed by atoms with Crippen molar-refractivity contribution in [2.45, 2.75) is 25.4 Å². The molecule has 1 aliphatic rings. The van der Waals surface area contributed by atoms with Gasteiger partial charge in [0.05, 0.1) is 18.4 Å². The molecule has 2 heterocycles. The highest BCUT2D eigenvalue weighted by molar-refractivity contribution is 5.86. The van der Waals surface area contributed by atoms with Gasteiger partial charge in [0.1, 0.15) is 0 Å². The van der Waals surface area contributed by atoms with Crippen LogP contribution in [0.4, 0.5) is 4.79 Å². The third-order valence-corrected chi connectivity index (χ3v) is 4.82. The number of rotatable bonds is 3. The second kappa shape index (κ2) is 6.93. The third-order valence-electron chi connectivity index (χ3n) is 4.82. The van der Waals surface area contributed by atoms with Crippen molar-refractivity contribution in [2.75, 3.05) is 13.1 Å². The Balaban J connectivity index is 1.35. The molecule has 0 atom stereocenters. The van der Waals surface area contributed by atoms with Crippen molar-refractivity contribution < 1.29 is 4.79 Å². The van der Waals surface area contributed by atoms with Gasteiger partial charge in [-0.15, -0.1) is 0 Å². The molecular weight excluding hydrogens is 314 g/mol. The van der Waals surface area contributed by atoms with Gasteiger partial charge in [0.2, 0.25) is 0 Å². The number of carbonyl (C=O) groups excluding carboxylic acids is 1. The van der Waals surface area contributed by atoms with E-state index in [-0.39, 0.29) is 12.1 Å². The molecule has 1 N–H and O–H groups in total. The van der Waals surface area contributed by atoms with Crippen LogP contribution in [0.1, 0.15) is 24.4 Å². The minimum absolute atomic E-state index is 0.000177. The summed E-state index contributed by atoms with van der Waals surface area (Å²) >= 11 is 0. The van der Waals surface area contributed by atoms with Gasteiger partial charge in [-0.2, -0.15) is 15.0 Å². The lowest BCUT2D eigenvalue weighted by Crippen LogP contribution is -2.44. The number of hydrogen-bond acceptors (Lipinski definition) is 3. The van der Waals surface area contributed by atoms with Crippen LogP contribution in [0.2, 0.25) is 0 Å². The van der Waals surface area contributed by atoms with Gasteiger partial charge in [-0.3, -0.25) is 0 Å². The summed E-state index contributed by atoms with van der Waals surface area (Å²) in [7, 11) is 0. The number of fused-ring (bicyclic) bond motifs is 1. The quantitative estimate of drug-likeness (QED) is 0.800. The van der Waals surface area contributed by atoms with Crippen molar-refractivity contribution >= 4 is 16.8 Å². The summed E-state index contributed by atoms with van der Waals surface area (Å²) in [6.45, 7) is 2.00. The Morgan fingerprint density at radius 2 is 1.76 bits per heavy atom. The maximum atomic E-state index is 12.5. The van der Waals surface area contributed by atoms with Gasteiger partial charge in [-0.25, -0.2) is 4.79 Å². The summed E-state index contributed by atoms with van der Waals surface area (Å²) in [5, 5.41) is 13.8. The van der Waals surface area contributed by atoms with E-state index in [0.717, 1.165) is 31.5 Å². The molecule has 0 bridgehead atoms. The van der Waals surface area contributed by atoms with Crippen molar-refractivity contribution in [1.82, 2.24) is 25.2 Å². The summed E-state index contributed by atoms with van der Waals surface area (Å²) in [5.41, 5.74) is 1.14. The van der Waals surface area contributed by atoms with Crippen LogP contribution in [0.5, 0.6) is 0 Å². The van der Waals surface area contributed by atoms with Crippen LogP contribution in [-0.2, 0) is 6.54 Å². The minimum atomic E-state index is -0.000177. The maximum Gasteiger partial charge on any atom is 0.317 e. The first kappa shape index (κ1) is 15.6. The van der Waals surface area contributed by atoms with Crippen molar-refractivity contribution in [3.63, 3.8) is 0 Å². The normalized spacial score (nSPS) is 15.4. The van der Waals surface area contributed by atoms with Gasteiger partial charge >= 0.3 is 6.03 Å². The lowest BCUT2D eigenvalue weighted by Gasteiger charge is -2.31. The number of aromatic nitrogens is 3. The predicted molar refractivity (Wildman–Crippen MR) is 96.0 cm³/mol. The standard InChI is InChI=1S/C19H21N5O/c25-19(23-12-8-17(9-13-23)24-21-10-11-22-24)20-14-16-6-3-5-15-4-1-2-7-18(15)16/h1-7,10-11,17H,8-9,12-14H2,(H,20,25). The summed E-state index contributed by atoms with van der Waals surface area (Å²) in [6.07, 6.45) is 5.17. The first-order valence-corrected chi connectivity index (χ1v) is 8.66. The Kier molecular flexibility index (Phi) is 4.33. The zero-order valence-electron chi connectivity index (χ0n) is 14.0. The van der Waals surface area contributed by atoms with E-state index in [1.807, 2.05) is 23.1 Å². The van der Waals surface area contributed by atoms with E-state index in [0.29, 0.717) is 6.54 Å². The molecule has 0 aliphatic carbocycles. The molecule has 0 spiro atoms. The number of likely N-dealkylation sites (tertiary alicyclic amines) is 1. The molecule has 25 heavy (non-hydrogen) atoms. The molecular formula is C19H21N5O. The van der Waals surface area contributed by atoms with Crippen molar-refractivity contribution in [2.24, 2.45) is 0 Å². The molecule has 6 heteroatoms. The van der Waals surface area contributed by atoms with E-state index < -0.39 is 0 Å². The van der Waals surface area contributed by atoms with Crippen LogP contribution in [0.25, 0.3) is 10.8 Å². The molecule has 4 rings (SSSR count). The largest absolute Gasteiger partial charge is 0.334 e. The van der Waals surface area contributed by atoms with Crippen molar-refractivity contribution in [3.8, 4) is 0 Å². The van der Waals surface area contributed by atoms with E-state index in [1.165, 1.54) is 10.8 Å². The van der Waals surface area contributed by atoms with Crippen molar-refractivity contribution in [1.29, 1.82) is 0 Å². The second-order valence-electron chi connectivity index (χ2n) is 6.36. The van der Waals surface area contributed by atoms with E-state index in [1.54, 1.807) is 17.2 Å². The Morgan fingerprint density at radius 3 is 2.56 bits per heavy atom. The van der Waals surface area contributed by atoms with Crippen LogP contribution < -0.4 is 5.32 Å². The van der Waals surface area contributed by atoms with E-state index in [4.69, 9.17) is 0 Å². The fourth-order valence-electron chi connectivity index (χ4n) is 3.44.